The third-order valence-corrected chi connectivity index (χ3v) is 3.59. The van der Waals surface area contributed by atoms with Crippen LogP contribution in [0, 0.1) is 0 Å². The Hall–Kier alpha value is -0.900. The van der Waals surface area contributed by atoms with E-state index < -0.39 is 0 Å². The first kappa shape index (κ1) is 13.5. The van der Waals surface area contributed by atoms with Gasteiger partial charge in [0.05, 0.1) is 6.61 Å². The molecule has 1 aromatic rings. The minimum absolute atomic E-state index is 0.442. The summed E-state index contributed by atoms with van der Waals surface area (Å²) < 4.78 is 5.27. The summed E-state index contributed by atoms with van der Waals surface area (Å²) in [5.74, 6) is 0.684. The molecular weight excluding hydrogens is 224 g/mol. The van der Waals surface area contributed by atoms with Crippen molar-refractivity contribution in [3.05, 3.63) is 35.9 Å². The van der Waals surface area contributed by atoms with Crippen LogP contribution in [0.5, 0.6) is 0 Å². The summed E-state index contributed by atoms with van der Waals surface area (Å²) in [6, 6.07) is 11.8. The number of methoxy groups -OCH3 is 1. The molecule has 1 aliphatic carbocycles. The van der Waals surface area contributed by atoms with Gasteiger partial charge in [0.25, 0.3) is 0 Å². The third-order valence-electron chi connectivity index (χ3n) is 3.59. The Morgan fingerprint density at radius 2 is 2.17 bits per heavy atom. The summed E-state index contributed by atoms with van der Waals surface area (Å²) in [4.78, 5) is 0. The molecule has 100 valence electrons. The molecule has 0 aromatic heterocycles. The first-order chi connectivity index (χ1) is 8.85. The van der Waals surface area contributed by atoms with Gasteiger partial charge >= 0.3 is 0 Å². The summed E-state index contributed by atoms with van der Waals surface area (Å²) in [6.07, 6.45) is 3.40. The molecule has 0 spiro atoms. The van der Waals surface area contributed by atoms with Crippen molar-refractivity contribution in [2.45, 2.75) is 37.3 Å². The van der Waals surface area contributed by atoms with Crippen LogP contribution in [-0.4, -0.2) is 32.3 Å². The molecule has 1 aliphatic rings. The van der Waals surface area contributed by atoms with Crippen LogP contribution < -0.4 is 11.1 Å². The lowest BCUT2D eigenvalue weighted by atomic mass is 10.1. The summed E-state index contributed by atoms with van der Waals surface area (Å²) in [5.41, 5.74) is 7.02. The van der Waals surface area contributed by atoms with Crippen molar-refractivity contribution in [1.82, 2.24) is 5.32 Å². The van der Waals surface area contributed by atoms with Gasteiger partial charge in [-0.1, -0.05) is 30.3 Å². The Kier molecular flexibility index (Phi) is 5.17. The van der Waals surface area contributed by atoms with Gasteiger partial charge in [-0.2, -0.15) is 0 Å². The molecule has 0 saturated heterocycles. The van der Waals surface area contributed by atoms with E-state index in [1.807, 2.05) is 0 Å². The van der Waals surface area contributed by atoms with Gasteiger partial charge in [0.1, 0.15) is 0 Å². The maximum Gasteiger partial charge on any atom is 0.0615 e. The number of benzene rings is 1. The number of nitrogens with one attached hydrogen (secondary N) is 1. The second-order valence-corrected chi connectivity index (χ2v) is 5.11. The Morgan fingerprint density at radius 1 is 1.39 bits per heavy atom. The molecule has 3 atom stereocenters. The van der Waals surface area contributed by atoms with Crippen LogP contribution in [-0.2, 0) is 4.74 Å². The first-order valence-corrected chi connectivity index (χ1v) is 6.85. The van der Waals surface area contributed by atoms with E-state index in [1.54, 1.807) is 7.11 Å². The zero-order chi connectivity index (χ0) is 12.8. The maximum atomic E-state index is 5.57. The number of nitrogens with two attached hydrogens (primary N) is 1. The topological polar surface area (TPSA) is 47.3 Å². The fraction of sp³-hybridized carbons (Fsp3) is 0.600. The van der Waals surface area contributed by atoms with Crippen LogP contribution in [0.2, 0.25) is 0 Å². The van der Waals surface area contributed by atoms with E-state index in [1.165, 1.54) is 12.0 Å². The molecule has 0 radical (unpaired) electrons. The minimum atomic E-state index is 0.442. The fourth-order valence-electron chi connectivity index (χ4n) is 2.53. The van der Waals surface area contributed by atoms with Crippen LogP contribution in [0.3, 0.4) is 0 Å². The van der Waals surface area contributed by atoms with E-state index in [-0.39, 0.29) is 0 Å². The predicted octanol–water partition coefficient (Wildman–Crippen LogP) is 1.89. The van der Waals surface area contributed by atoms with E-state index in [0.29, 0.717) is 18.0 Å². The average molecular weight is 248 g/mol. The van der Waals surface area contributed by atoms with Gasteiger partial charge in [0.15, 0.2) is 0 Å². The van der Waals surface area contributed by atoms with Crippen LogP contribution >= 0.6 is 0 Å². The van der Waals surface area contributed by atoms with Gasteiger partial charge < -0.3 is 15.8 Å². The smallest absolute Gasteiger partial charge is 0.0615 e. The van der Waals surface area contributed by atoms with Crippen molar-refractivity contribution in [1.29, 1.82) is 0 Å². The molecule has 3 heteroatoms. The molecule has 0 heterocycles. The number of rotatable bonds is 8. The lowest BCUT2D eigenvalue weighted by molar-refractivity contribution is 0.160. The monoisotopic (exact) mass is 248 g/mol. The molecule has 2 rings (SSSR count). The molecule has 0 bridgehead atoms. The molecule has 1 fully saturated rings. The average Bonchev–Trinajstić information content (AvgIpc) is 3.16. The highest BCUT2D eigenvalue weighted by Gasteiger charge is 2.39. The van der Waals surface area contributed by atoms with Crippen LogP contribution in [0.25, 0.3) is 0 Å². The summed E-state index contributed by atoms with van der Waals surface area (Å²) in [6.45, 7) is 1.53. The second-order valence-electron chi connectivity index (χ2n) is 5.11. The molecule has 0 amide bonds. The highest BCUT2D eigenvalue weighted by Crippen LogP contribution is 2.40. The highest BCUT2D eigenvalue weighted by molar-refractivity contribution is 5.27. The van der Waals surface area contributed by atoms with Gasteiger partial charge in [-0.05, 0) is 31.4 Å². The summed E-state index contributed by atoms with van der Waals surface area (Å²) in [7, 11) is 1.76. The van der Waals surface area contributed by atoms with Gasteiger partial charge in [-0.3, -0.25) is 0 Å². The minimum Gasteiger partial charge on any atom is -0.383 e. The standard InChI is InChI=1S/C15H24N2O/c1-18-11-13(8-5-9-16)17-15-10-14(15)12-6-3-2-4-7-12/h2-4,6-7,13-15,17H,5,8-11,16H2,1H3. The van der Waals surface area contributed by atoms with Crippen molar-refractivity contribution in [2.24, 2.45) is 5.73 Å². The van der Waals surface area contributed by atoms with E-state index in [2.05, 4.69) is 35.6 Å². The largest absolute Gasteiger partial charge is 0.383 e. The highest BCUT2D eigenvalue weighted by atomic mass is 16.5. The fourth-order valence-corrected chi connectivity index (χ4v) is 2.53. The third kappa shape index (κ3) is 3.80. The number of ether oxygens (including phenoxy) is 1. The predicted molar refractivity (Wildman–Crippen MR) is 74.7 cm³/mol. The quantitative estimate of drug-likeness (QED) is 0.738. The Morgan fingerprint density at radius 3 is 2.83 bits per heavy atom. The SMILES string of the molecule is COCC(CCCN)NC1CC1c1ccccc1. The second kappa shape index (κ2) is 6.88. The zero-order valence-corrected chi connectivity index (χ0v) is 11.1. The van der Waals surface area contributed by atoms with Crippen molar-refractivity contribution in [2.75, 3.05) is 20.3 Å². The molecule has 0 aliphatic heterocycles. The first-order valence-electron chi connectivity index (χ1n) is 6.85. The zero-order valence-electron chi connectivity index (χ0n) is 11.1. The van der Waals surface area contributed by atoms with Crippen LogP contribution in [0.4, 0.5) is 0 Å². The maximum absolute atomic E-state index is 5.57. The summed E-state index contributed by atoms with van der Waals surface area (Å²) in [5, 5.41) is 3.69. The van der Waals surface area contributed by atoms with Crippen LogP contribution in [0.1, 0.15) is 30.7 Å². The van der Waals surface area contributed by atoms with Gasteiger partial charge in [-0.15, -0.1) is 0 Å². The normalized spacial score (nSPS) is 23.9. The molecular formula is C15H24N2O. The molecule has 1 aromatic carbocycles. The Labute approximate surface area is 110 Å². The van der Waals surface area contributed by atoms with Gasteiger partial charge in [0, 0.05) is 25.1 Å². The van der Waals surface area contributed by atoms with E-state index in [9.17, 15) is 0 Å². The molecule has 3 nitrogen and oxygen atoms in total. The Balaban J connectivity index is 1.79. The molecule has 1 saturated carbocycles. The van der Waals surface area contributed by atoms with E-state index in [4.69, 9.17) is 10.5 Å². The van der Waals surface area contributed by atoms with Crippen molar-refractivity contribution in [3.63, 3.8) is 0 Å². The Bertz CT molecular complexity index is 342. The number of hydrogen-bond acceptors (Lipinski definition) is 3. The van der Waals surface area contributed by atoms with Crippen molar-refractivity contribution >= 4 is 0 Å². The van der Waals surface area contributed by atoms with E-state index >= 15 is 0 Å². The van der Waals surface area contributed by atoms with Crippen LogP contribution in [0.15, 0.2) is 30.3 Å². The summed E-state index contributed by atoms with van der Waals surface area (Å²) >= 11 is 0. The van der Waals surface area contributed by atoms with E-state index in [0.717, 1.165) is 26.0 Å². The lowest BCUT2D eigenvalue weighted by Gasteiger charge is -2.17. The van der Waals surface area contributed by atoms with Gasteiger partial charge in [-0.25, -0.2) is 0 Å². The molecule has 3 N–H and O–H groups in total. The van der Waals surface area contributed by atoms with Gasteiger partial charge in [0.2, 0.25) is 0 Å². The van der Waals surface area contributed by atoms with Crippen molar-refractivity contribution in [3.8, 4) is 0 Å². The number of hydrogen-bond donors (Lipinski definition) is 2. The molecule has 3 unspecified atom stereocenters. The van der Waals surface area contributed by atoms with Crippen molar-refractivity contribution < 1.29 is 4.74 Å². The lowest BCUT2D eigenvalue weighted by Crippen LogP contribution is -2.36. The molecule has 18 heavy (non-hydrogen) atoms.